The molecule has 4 rings (SSSR count). The van der Waals surface area contributed by atoms with E-state index in [4.69, 9.17) is 4.74 Å². The molecular formula is C29H38F2N4O4S2. The van der Waals surface area contributed by atoms with Gasteiger partial charge in [0.2, 0.25) is 10.0 Å². The molecule has 0 unspecified atom stereocenters. The first-order valence-corrected chi connectivity index (χ1v) is 16.2. The predicted octanol–water partition coefficient (Wildman–Crippen LogP) is 5.25. The summed E-state index contributed by atoms with van der Waals surface area (Å²) in [6.07, 6.45) is 0.629. The van der Waals surface area contributed by atoms with Crippen LogP contribution in [0.1, 0.15) is 44.5 Å². The summed E-state index contributed by atoms with van der Waals surface area (Å²) < 4.78 is 62.4. The average molecular weight is 609 g/mol. The number of sulfonamides is 1. The Bertz CT molecular complexity index is 1430. The third kappa shape index (κ3) is 7.86. The van der Waals surface area contributed by atoms with Gasteiger partial charge in [0.1, 0.15) is 11.3 Å². The highest BCUT2D eigenvalue weighted by atomic mass is 32.2. The van der Waals surface area contributed by atoms with E-state index in [1.54, 1.807) is 0 Å². The summed E-state index contributed by atoms with van der Waals surface area (Å²) in [4.78, 5) is 22.0. The maximum absolute atomic E-state index is 14.4. The number of thiazole rings is 1. The van der Waals surface area contributed by atoms with Crippen LogP contribution in [0.5, 0.6) is 0 Å². The molecule has 41 heavy (non-hydrogen) atoms. The third-order valence-corrected chi connectivity index (χ3v) is 9.59. The number of carbonyl (C=O) groups is 1. The summed E-state index contributed by atoms with van der Waals surface area (Å²) in [6, 6.07) is 7.89. The van der Waals surface area contributed by atoms with Crippen LogP contribution in [-0.4, -0.2) is 81.0 Å². The zero-order chi connectivity index (χ0) is 29.7. The van der Waals surface area contributed by atoms with Crippen molar-refractivity contribution in [3.63, 3.8) is 0 Å². The number of carbonyl (C=O) groups excluding carboxylic acids is 1. The van der Waals surface area contributed by atoms with Gasteiger partial charge in [0.25, 0.3) is 5.91 Å². The number of aromatic nitrogens is 1. The maximum Gasteiger partial charge on any atom is 0.260 e. The highest BCUT2D eigenvalue weighted by Crippen LogP contribution is 2.32. The van der Waals surface area contributed by atoms with E-state index >= 15 is 0 Å². The number of hydrogen-bond acceptors (Lipinski definition) is 7. The van der Waals surface area contributed by atoms with Crippen LogP contribution in [-0.2, 0) is 14.8 Å². The lowest BCUT2D eigenvalue weighted by Crippen LogP contribution is -2.39. The Morgan fingerprint density at radius 3 is 2.29 bits per heavy atom. The molecule has 0 aliphatic carbocycles. The van der Waals surface area contributed by atoms with Gasteiger partial charge in [-0.1, -0.05) is 39.0 Å². The van der Waals surface area contributed by atoms with Crippen molar-refractivity contribution in [2.45, 2.75) is 39.0 Å². The number of hydrogen-bond donors (Lipinski definition) is 0. The van der Waals surface area contributed by atoms with Crippen molar-refractivity contribution >= 4 is 42.6 Å². The van der Waals surface area contributed by atoms with Crippen LogP contribution in [0.2, 0.25) is 0 Å². The van der Waals surface area contributed by atoms with Crippen LogP contribution >= 0.6 is 11.3 Å². The first-order chi connectivity index (χ1) is 19.5. The molecule has 0 bridgehead atoms. The van der Waals surface area contributed by atoms with Gasteiger partial charge >= 0.3 is 0 Å². The van der Waals surface area contributed by atoms with Crippen molar-refractivity contribution in [2.24, 2.45) is 11.8 Å². The largest absolute Gasteiger partial charge is 0.379 e. The van der Waals surface area contributed by atoms with Gasteiger partial charge in [-0.05, 0) is 48.6 Å². The fraction of sp³-hybridized carbons (Fsp3) is 0.517. The van der Waals surface area contributed by atoms with Crippen LogP contribution in [0.3, 0.4) is 0 Å². The molecule has 1 aliphatic rings. The first-order valence-electron chi connectivity index (χ1n) is 13.9. The molecule has 1 fully saturated rings. The number of anilines is 1. The number of rotatable bonds is 12. The molecule has 3 aromatic rings. The second-order valence-electron chi connectivity index (χ2n) is 11.1. The minimum Gasteiger partial charge on any atom is -0.379 e. The second kappa shape index (κ2) is 13.6. The summed E-state index contributed by atoms with van der Waals surface area (Å²) in [7, 11) is -3.75. The van der Waals surface area contributed by atoms with E-state index in [0.717, 1.165) is 37.0 Å². The predicted molar refractivity (Wildman–Crippen MR) is 158 cm³/mol. The number of fused-ring (bicyclic) bond motifs is 1. The van der Waals surface area contributed by atoms with Gasteiger partial charge in [0.15, 0.2) is 10.9 Å². The van der Waals surface area contributed by atoms with Gasteiger partial charge < -0.3 is 4.74 Å². The number of morpholine rings is 1. The Kier molecular flexibility index (Phi) is 10.5. The Morgan fingerprint density at radius 2 is 1.68 bits per heavy atom. The first kappa shape index (κ1) is 31.4. The topological polar surface area (TPSA) is 83.1 Å². The highest BCUT2D eigenvalue weighted by molar-refractivity contribution is 7.89. The van der Waals surface area contributed by atoms with Crippen molar-refractivity contribution in [3.05, 3.63) is 53.6 Å². The van der Waals surface area contributed by atoms with E-state index in [9.17, 15) is 22.0 Å². The average Bonchev–Trinajstić information content (AvgIpc) is 3.34. The minimum atomic E-state index is -3.75. The minimum absolute atomic E-state index is 0.00853. The number of benzene rings is 2. The highest BCUT2D eigenvalue weighted by Gasteiger charge is 2.27. The molecule has 2 aromatic carbocycles. The van der Waals surface area contributed by atoms with Crippen LogP contribution in [0.15, 0.2) is 41.3 Å². The van der Waals surface area contributed by atoms with Crippen molar-refractivity contribution in [1.29, 1.82) is 0 Å². The zero-order valence-corrected chi connectivity index (χ0v) is 25.6. The molecule has 1 saturated heterocycles. The van der Waals surface area contributed by atoms with Gasteiger partial charge in [-0.2, -0.15) is 4.31 Å². The van der Waals surface area contributed by atoms with Gasteiger partial charge in [0.05, 0.1) is 22.8 Å². The fourth-order valence-corrected chi connectivity index (χ4v) is 7.58. The summed E-state index contributed by atoms with van der Waals surface area (Å²) in [5, 5.41) is 0.258. The normalized spacial score (nSPS) is 15.0. The molecule has 224 valence electrons. The molecule has 0 radical (unpaired) electrons. The van der Waals surface area contributed by atoms with Crippen LogP contribution < -0.4 is 4.90 Å². The standard InChI is InChI=1S/C29H38F2N4O4S2/c1-20(2)18-34(19-21(3)4)41(37,38)24-8-6-22(7-9-24)28(36)35(11-5-10-33-12-14-39-15-13-33)29-32-27-25(31)16-23(30)17-26(27)40-29/h6-9,16-17,20-21H,5,10-15,18-19H2,1-4H3. The van der Waals surface area contributed by atoms with E-state index in [2.05, 4.69) is 9.88 Å². The van der Waals surface area contributed by atoms with Crippen molar-refractivity contribution in [3.8, 4) is 0 Å². The SMILES string of the molecule is CC(C)CN(CC(C)C)S(=O)(=O)c1ccc(C(=O)N(CCCN2CCOCC2)c2nc3c(F)cc(F)cc3s2)cc1. The van der Waals surface area contributed by atoms with Crippen LogP contribution in [0.25, 0.3) is 10.2 Å². The monoisotopic (exact) mass is 608 g/mol. The van der Waals surface area contributed by atoms with E-state index in [0.29, 0.717) is 44.0 Å². The molecule has 2 heterocycles. The Balaban J connectivity index is 1.60. The molecule has 1 amide bonds. The van der Waals surface area contributed by atoms with Gasteiger partial charge in [-0.15, -0.1) is 0 Å². The Morgan fingerprint density at radius 1 is 1.05 bits per heavy atom. The van der Waals surface area contributed by atoms with Crippen LogP contribution in [0.4, 0.5) is 13.9 Å². The molecule has 8 nitrogen and oxygen atoms in total. The lowest BCUT2D eigenvalue weighted by molar-refractivity contribution is 0.0376. The molecule has 0 atom stereocenters. The number of nitrogens with zero attached hydrogens (tertiary/aromatic N) is 4. The number of ether oxygens (including phenoxy) is 1. The molecular weight excluding hydrogens is 570 g/mol. The van der Waals surface area contributed by atoms with E-state index < -0.39 is 27.6 Å². The van der Waals surface area contributed by atoms with Gasteiger partial charge in [0, 0.05) is 50.9 Å². The van der Waals surface area contributed by atoms with E-state index in [-0.39, 0.29) is 32.9 Å². The summed E-state index contributed by atoms with van der Waals surface area (Å²) in [6.45, 7) is 12.7. The molecule has 12 heteroatoms. The molecule has 0 saturated carbocycles. The Hall–Kier alpha value is -2.51. The van der Waals surface area contributed by atoms with Crippen molar-refractivity contribution in [1.82, 2.24) is 14.2 Å². The summed E-state index contributed by atoms with van der Waals surface area (Å²) >= 11 is 1.04. The zero-order valence-electron chi connectivity index (χ0n) is 24.0. The fourth-order valence-electron chi connectivity index (χ4n) is 4.78. The lowest BCUT2D eigenvalue weighted by Gasteiger charge is -2.28. The lowest BCUT2D eigenvalue weighted by atomic mass is 10.2. The molecule has 1 aromatic heterocycles. The van der Waals surface area contributed by atoms with Gasteiger partial charge in [-0.3, -0.25) is 14.6 Å². The van der Waals surface area contributed by atoms with Crippen molar-refractivity contribution < 1.29 is 26.7 Å². The van der Waals surface area contributed by atoms with E-state index in [1.165, 1.54) is 39.5 Å². The van der Waals surface area contributed by atoms with E-state index in [1.807, 2.05) is 27.7 Å². The summed E-state index contributed by atoms with van der Waals surface area (Å²) in [5.74, 6) is -1.58. The smallest absolute Gasteiger partial charge is 0.260 e. The maximum atomic E-state index is 14.4. The van der Waals surface area contributed by atoms with Crippen molar-refractivity contribution in [2.75, 3.05) is 57.4 Å². The third-order valence-electron chi connectivity index (χ3n) is 6.71. The van der Waals surface area contributed by atoms with Crippen LogP contribution in [0, 0.1) is 23.5 Å². The quantitative estimate of drug-likeness (QED) is 0.280. The number of halogens is 2. The second-order valence-corrected chi connectivity index (χ2v) is 14.1. The molecule has 1 aliphatic heterocycles. The van der Waals surface area contributed by atoms with Gasteiger partial charge in [-0.25, -0.2) is 22.2 Å². The number of amides is 1. The molecule has 0 N–H and O–H groups in total. The summed E-state index contributed by atoms with van der Waals surface area (Å²) in [5.41, 5.74) is 0.287. The molecule has 0 spiro atoms. The Labute approximate surface area is 245 Å².